The van der Waals surface area contributed by atoms with Crippen molar-refractivity contribution in [3.05, 3.63) is 0 Å². The van der Waals surface area contributed by atoms with Gasteiger partial charge >= 0.3 is 0 Å². The molecule has 1 aliphatic carbocycles. The third-order valence-corrected chi connectivity index (χ3v) is 2.87. The number of rotatable bonds is 5. The van der Waals surface area contributed by atoms with E-state index in [1.165, 1.54) is 0 Å². The van der Waals surface area contributed by atoms with E-state index in [1.54, 1.807) is 11.9 Å². The molecule has 14 heavy (non-hydrogen) atoms. The molecular formula is C10H20N2O2. The molecule has 0 aliphatic heterocycles. The van der Waals surface area contributed by atoms with Gasteiger partial charge in [-0.15, -0.1) is 0 Å². The summed E-state index contributed by atoms with van der Waals surface area (Å²) in [6, 6.07) is 0. The topological polar surface area (TPSA) is 55.6 Å². The molecular weight excluding hydrogens is 180 g/mol. The Labute approximate surface area is 85.4 Å². The predicted molar refractivity (Wildman–Crippen MR) is 54.8 cm³/mol. The zero-order chi connectivity index (χ0) is 10.6. The van der Waals surface area contributed by atoms with E-state index in [9.17, 15) is 4.79 Å². The Hall–Kier alpha value is -0.610. The Kier molecular flexibility index (Phi) is 4.35. The Morgan fingerprint density at radius 2 is 2.21 bits per heavy atom. The molecule has 0 aromatic heterocycles. The quantitative estimate of drug-likeness (QED) is 0.690. The summed E-state index contributed by atoms with van der Waals surface area (Å²) in [5.41, 5.74) is 5.49. The molecule has 0 atom stereocenters. The molecule has 82 valence electrons. The van der Waals surface area contributed by atoms with E-state index in [4.69, 9.17) is 10.5 Å². The van der Waals surface area contributed by atoms with Crippen molar-refractivity contribution in [1.82, 2.24) is 4.90 Å². The van der Waals surface area contributed by atoms with Gasteiger partial charge in [0.05, 0.1) is 6.10 Å². The van der Waals surface area contributed by atoms with E-state index in [2.05, 4.69) is 0 Å². The van der Waals surface area contributed by atoms with Crippen LogP contribution in [0.4, 0.5) is 0 Å². The zero-order valence-electron chi connectivity index (χ0n) is 9.03. The molecule has 0 saturated heterocycles. The molecule has 1 aliphatic rings. The lowest BCUT2D eigenvalue weighted by atomic mass is 9.82. The van der Waals surface area contributed by atoms with Gasteiger partial charge in [0, 0.05) is 13.6 Å². The standard InChI is InChI=1S/C10H20N2O2/c1-3-12(2)10(13)7-14-9-4-8(5-9)6-11/h8-9H,3-7,11H2,1-2H3. The molecule has 1 amide bonds. The summed E-state index contributed by atoms with van der Waals surface area (Å²) in [4.78, 5) is 13.0. The van der Waals surface area contributed by atoms with E-state index in [1.807, 2.05) is 6.92 Å². The first-order valence-corrected chi connectivity index (χ1v) is 5.23. The largest absolute Gasteiger partial charge is 0.368 e. The zero-order valence-corrected chi connectivity index (χ0v) is 9.03. The number of ether oxygens (including phenoxy) is 1. The van der Waals surface area contributed by atoms with Crippen molar-refractivity contribution >= 4 is 5.91 Å². The minimum absolute atomic E-state index is 0.0590. The van der Waals surface area contributed by atoms with E-state index in [0.717, 1.165) is 25.9 Å². The van der Waals surface area contributed by atoms with Crippen molar-refractivity contribution in [3.8, 4) is 0 Å². The van der Waals surface area contributed by atoms with Gasteiger partial charge < -0.3 is 15.4 Å². The van der Waals surface area contributed by atoms with Crippen LogP contribution in [-0.4, -0.2) is 43.7 Å². The normalized spacial score (nSPS) is 25.6. The van der Waals surface area contributed by atoms with Crippen LogP contribution in [-0.2, 0) is 9.53 Å². The van der Waals surface area contributed by atoms with Crippen LogP contribution in [0.5, 0.6) is 0 Å². The van der Waals surface area contributed by atoms with Crippen molar-refractivity contribution in [2.75, 3.05) is 26.7 Å². The van der Waals surface area contributed by atoms with Gasteiger partial charge in [0.2, 0.25) is 5.91 Å². The SMILES string of the molecule is CCN(C)C(=O)COC1CC(CN)C1. The number of hydrogen-bond acceptors (Lipinski definition) is 3. The minimum atomic E-state index is 0.0590. The minimum Gasteiger partial charge on any atom is -0.368 e. The number of nitrogens with two attached hydrogens (primary N) is 1. The third kappa shape index (κ3) is 2.96. The second kappa shape index (κ2) is 5.32. The first-order valence-electron chi connectivity index (χ1n) is 5.23. The molecule has 1 rings (SSSR count). The van der Waals surface area contributed by atoms with Crippen LogP contribution in [0.3, 0.4) is 0 Å². The smallest absolute Gasteiger partial charge is 0.248 e. The molecule has 4 nitrogen and oxygen atoms in total. The second-order valence-corrected chi connectivity index (χ2v) is 3.91. The lowest BCUT2D eigenvalue weighted by molar-refractivity contribution is -0.139. The number of carbonyl (C=O) groups excluding carboxylic acids is 1. The van der Waals surface area contributed by atoms with Gasteiger partial charge in [0.1, 0.15) is 6.61 Å². The summed E-state index contributed by atoms with van der Waals surface area (Å²) in [6.45, 7) is 3.64. The van der Waals surface area contributed by atoms with Crippen LogP contribution in [0.25, 0.3) is 0 Å². The van der Waals surface area contributed by atoms with E-state index >= 15 is 0 Å². The summed E-state index contributed by atoms with van der Waals surface area (Å²) in [5.74, 6) is 0.669. The highest BCUT2D eigenvalue weighted by molar-refractivity contribution is 5.77. The second-order valence-electron chi connectivity index (χ2n) is 3.91. The van der Waals surface area contributed by atoms with Gasteiger partial charge in [-0.05, 0) is 32.2 Å². The number of nitrogens with zero attached hydrogens (tertiary/aromatic N) is 1. The fraction of sp³-hybridized carbons (Fsp3) is 0.900. The van der Waals surface area contributed by atoms with Gasteiger partial charge in [-0.1, -0.05) is 0 Å². The molecule has 0 aromatic rings. The lowest BCUT2D eigenvalue weighted by Crippen LogP contribution is -2.39. The molecule has 1 saturated carbocycles. The van der Waals surface area contributed by atoms with Crippen LogP contribution >= 0.6 is 0 Å². The maximum Gasteiger partial charge on any atom is 0.248 e. The maximum absolute atomic E-state index is 11.3. The molecule has 1 fully saturated rings. The fourth-order valence-electron chi connectivity index (χ4n) is 1.48. The molecule has 0 bridgehead atoms. The highest BCUT2D eigenvalue weighted by Gasteiger charge is 2.29. The fourth-order valence-corrected chi connectivity index (χ4v) is 1.48. The van der Waals surface area contributed by atoms with E-state index in [0.29, 0.717) is 5.92 Å². The molecule has 0 unspecified atom stereocenters. The van der Waals surface area contributed by atoms with Crippen molar-refractivity contribution in [3.63, 3.8) is 0 Å². The molecule has 0 spiro atoms. The van der Waals surface area contributed by atoms with Gasteiger partial charge in [-0.3, -0.25) is 4.79 Å². The van der Waals surface area contributed by atoms with E-state index in [-0.39, 0.29) is 18.6 Å². The summed E-state index contributed by atoms with van der Waals surface area (Å²) in [5, 5.41) is 0. The first-order chi connectivity index (χ1) is 6.67. The number of carbonyl (C=O) groups is 1. The predicted octanol–water partition coefficient (Wildman–Crippen LogP) is 0.219. The van der Waals surface area contributed by atoms with Crippen molar-refractivity contribution < 1.29 is 9.53 Å². The average Bonchev–Trinajstić information content (AvgIpc) is 2.14. The number of hydrogen-bond donors (Lipinski definition) is 1. The van der Waals surface area contributed by atoms with E-state index < -0.39 is 0 Å². The van der Waals surface area contributed by atoms with Crippen molar-refractivity contribution in [2.45, 2.75) is 25.9 Å². The summed E-state index contributed by atoms with van der Waals surface area (Å²) >= 11 is 0. The Balaban J connectivity index is 2.07. The third-order valence-electron chi connectivity index (χ3n) is 2.87. The average molecular weight is 200 g/mol. The van der Waals surface area contributed by atoms with Crippen LogP contribution in [0, 0.1) is 5.92 Å². The monoisotopic (exact) mass is 200 g/mol. The van der Waals surface area contributed by atoms with Gasteiger partial charge in [0.15, 0.2) is 0 Å². The highest BCUT2D eigenvalue weighted by atomic mass is 16.5. The first kappa shape index (κ1) is 11.5. The lowest BCUT2D eigenvalue weighted by Gasteiger charge is -2.34. The van der Waals surface area contributed by atoms with Crippen molar-refractivity contribution in [2.24, 2.45) is 11.7 Å². The molecule has 4 heteroatoms. The Morgan fingerprint density at radius 3 is 2.71 bits per heavy atom. The number of amides is 1. The van der Waals surface area contributed by atoms with Crippen LogP contribution in [0.15, 0.2) is 0 Å². The van der Waals surface area contributed by atoms with Crippen LogP contribution in [0.2, 0.25) is 0 Å². The maximum atomic E-state index is 11.3. The van der Waals surface area contributed by atoms with Gasteiger partial charge in [-0.25, -0.2) is 0 Å². The van der Waals surface area contributed by atoms with Crippen LogP contribution in [0.1, 0.15) is 19.8 Å². The molecule has 0 heterocycles. The summed E-state index contributed by atoms with van der Waals surface area (Å²) < 4.78 is 5.45. The van der Waals surface area contributed by atoms with Crippen molar-refractivity contribution in [1.29, 1.82) is 0 Å². The number of likely N-dealkylation sites (N-methyl/N-ethyl adjacent to an activating group) is 1. The van der Waals surface area contributed by atoms with Gasteiger partial charge in [0.25, 0.3) is 0 Å². The molecule has 0 radical (unpaired) electrons. The molecule has 2 N–H and O–H groups in total. The van der Waals surface area contributed by atoms with Gasteiger partial charge in [-0.2, -0.15) is 0 Å². The Morgan fingerprint density at radius 1 is 1.57 bits per heavy atom. The van der Waals surface area contributed by atoms with Crippen LogP contribution < -0.4 is 5.73 Å². The molecule has 0 aromatic carbocycles. The Bertz CT molecular complexity index is 191. The summed E-state index contributed by atoms with van der Waals surface area (Å²) in [6.07, 6.45) is 2.29. The highest BCUT2D eigenvalue weighted by Crippen LogP contribution is 2.28. The summed E-state index contributed by atoms with van der Waals surface area (Å²) in [7, 11) is 1.79.